The number of aryl methyl sites for hydroxylation is 2. The molecule has 0 radical (unpaired) electrons. The molecule has 5 rings (SSSR count). The van der Waals surface area contributed by atoms with Crippen molar-refractivity contribution in [2.75, 3.05) is 0 Å². The molecule has 1 fully saturated rings. The van der Waals surface area contributed by atoms with Gasteiger partial charge in [-0.1, -0.05) is 11.6 Å². The molecule has 0 saturated carbocycles. The molecule has 1 aliphatic carbocycles. The van der Waals surface area contributed by atoms with E-state index in [0.717, 1.165) is 24.8 Å². The van der Waals surface area contributed by atoms with Crippen molar-refractivity contribution < 1.29 is 19.1 Å². The molecule has 2 aliphatic heterocycles. The molecule has 0 amide bonds. The molecule has 1 aromatic heterocycles. The molecule has 140 valence electrons. The largest absolute Gasteiger partial charge is 0.422 e. The van der Waals surface area contributed by atoms with Gasteiger partial charge in [0.25, 0.3) is 5.79 Å². The van der Waals surface area contributed by atoms with Crippen LogP contribution in [0, 0.1) is 12.8 Å². The van der Waals surface area contributed by atoms with Crippen LogP contribution >= 0.6 is 0 Å². The van der Waals surface area contributed by atoms with Gasteiger partial charge < -0.3 is 14.0 Å². The van der Waals surface area contributed by atoms with E-state index in [2.05, 4.69) is 29.7 Å². The fourth-order valence-corrected chi connectivity index (χ4v) is 4.67. The topological polar surface area (TPSA) is 69.9 Å². The summed E-state index contributed by atoms with van der Waals surface area (Å²) in [5, 5.41) is 1.26. The Kier molecular flexibility index (Phi) is 3.33. The fourth-order valence-electron chi connectivity index (χ4n) is 4.67. The lowest BCUT2D eigenvalue weighted by atomic mass is 9.90. The first kappa shape index (κ1) is 16.5. The molecular weight excluding hydrogens is 344 g/mol. The number of rotatable bonds is 1. The molecular formula is C21H22N2O4. The van der Waals surface area contributed by atoms with Crippen LogP contribution in [0.15, 0.2) is 23.2 Å². The van der Waals surface area contributed by atoms with E-state index < -0.39 is 23.6 Å². The van der Waals surface area contributed by atoms with Gasteiger partial charge in [-0.25, -0.2) is 0 Å². The van der Waals surface area contributed by atoms with Crippen molar-refractivity contribution in [3.63, 3.8) is 0 Å². The van der Waals surface area contributed by atoms with Gasteiger partial charge in [-0.2, -0.15) is 0 Å². The second kappa shape index (κ2) is 5.44. The van der Waals surface area contributed by atoms with Crippen molar-refractivity contribution >= 4 is 28.6 Å². The van der Waals surface area contributed by atoms with Crippen molar-refractivity contribution in [1.82, 2.24) is 4.57 Å². The number of fused-ring (bicyclic) bond motifs is 3. The maximum Gasteiger partial charge on any atom is 0.329 e. The third-order valence-corrected chi connectivity index (χ3v) is 5.73. The Morgan fingerprint density at radius 2 is 1.93 bits per heavy atom. The Morgan fingerprint density at radius 1 is 1.19 bits per heavy atom. The molecule has 0 bridgehead atoms. The maximum absolute atomic E-state index is 12.5. The normalized spacial score (nSPS) is 24.3. The standard InChI is InChI=1S/C21H22N2O4/c1-11-7-8-16-13(9-11)12-5-4-6-14-18(12)23(16)10-15(22-14)17-19(24)26-21(2,3)27-20(17)25/h7-9,14,17H,4-6,10H2,1-3H3/t14-/m0/s1. The number of cyclic esters (lactones) is 2. The van der Waals surface area contributed by atoms with Crippen molar-refractivity contribution in [1.29, 1.82) is 0 Å². The average molecular weight is 366 g/mol. The monoisotopic (exact) mass is 366 g/mol. The lowest BCUT2D eigenvalue weighted by Crippen LogP contribution is -2.50. The van der Waals surface area contributed by atoms with E-state index in [1.54, 1.807) is 13.8 Å². The van der Waals surface area contributed by atoms with Gasteiger partial charge in [0.05, 0.1) is 18.3 Å². The number of carbonyl (C=O) groups excluding carboxylic acids is 2. The van der Waals surface area contributed by atoms with Crippen LogP contribution in [-0.2, 0) is 32.0 Å². The number of nitrogens with zero attached hydrogens (tertiary/aromatic N) is 2. The van der Waals surface area contributed by atoms with Crippen LogP contribution in [0.5, 0.6) is 0 Å². The summed E-state index contributed by atoms with van der Waals surface area (Å²) in [6.45, 7) is 5.64. The fraction of sp³-hybridized carbons (Fsp3) is 0.476. The van der Waals surface area contributed by atoms with Gasteiger partial charge in [-0.15, -0.1) is 0 Å². The second-order valence-corrected chi connectivity index (χ2v) is 8.17. The van der Waals surface area contributed by atoms with Crippen LogP contribution in [0.3, 0.4) is 0 Å². The van der Waals surface area contributed by atoms with Crippen molar-refractivity contribution in [3.05, 3.63) is 35.0 Å². The van der Waals surface area contributed by atoms with Crippen LogP contribution in [0.1, 0.15) is 49.6 Å². The molecule has 1 saturated heterocycles. The molecule has 27 heavy (non-hydrogen) atoms. The number of hydrogen-bond acceptors (Lipinski definition) is 5. The second-order valence-electron chi connectivity index (χ2n) is 8.17. The lowest BCUT2D eigenvalue weighted by Gasteiger charge is -2.35. The Balaban J connectivity index is 1.61. The van der Waals surface area contributed by atoms with E-state index >= 15 is 0 Å². The maximum atomic E-state index is 12.5. The average Bonchev–Trinajstić information content (AvgIpc) is 2.88. The minimum atomic E-state index is -1.22. The van der Waals surface area contributed by atoms with E-state index in [-0.39, 0.29) is 6.04 Å². The van der Waals surface area contributed by atoms with Crippen molar-refractivity contribution in [2.45, 2.75) is 58.4 Å². The Labute approximate surface area is 157 Å². The minimum Gasteiger partial charge on any atom is -0.422 e. The van der Waals surface area contributed by atoms with Crippen molar-refractivity contribution in [2.24, 2.45) is 10.9 Å². The quantitative estimate of drug-likeness (QED) is 0.574. The smallest absolute Gasteiger partial charge is 0.329 e. The van der Waals surface area contributed by atoms with Gasteiger partial charge in [0.1, 0.15) is 0 Å². The van der Waals surface area contributed by atoms with E-state index in [0.29, 0.717) is 12.3 Å². The molecule has 1 atom stereocenters. The summed E-state index contributed by atoms with van der Waals surface area (Å²) in [4.78, 5) is 29.9. The number of aromatic nitrogens is 1. The SMILES string of the molecule is Cc1ccc2c(c1)c1c3n2CC(C2C(=O)OC(C)(C)OC2=O)=N[C@H]3CCC1. The summed E-state index contributed by atoms with van der Waals surface area (Å²) in [6, 6.07) is 6.44. The predicted molar refractivity (Wildman–Crippen MR) is 99.5 cm³/mol. The zero-order valence-electron chi connectivity index (χ0n) is 15.7. The molecule has 0 unspecified atom stereocenters. The van der Waals surface area contributed by atoms with Crippen molar-refractivity contribution in [3.8, 4) is 0 Å². The third-order valence-electron chi connectivity index (χ3n) is 5.73. The molecule has 6 nitrogen and oxygen atoms in total. The zero-order chi connectivity index (χ0) is 18.9. The summed E-state index contributed by atoms with van der Waals surface area (Å²) in [5.74, 6) is -3.43. The van der Waals surface area contributed by atoms with E-state index in [9.17, 15) is 9.59 Å². The highest BCUT2D eigenvalue weighted by Crippen LogP contribution is 2.42. The molecule has 3 aliphatic rings. The highest BCUT2D eigenvalue weighted by atomic mass is 16.7. The van der Waals surface area contributed by atoms with E-state index in [1.165, 1.54) is 22.2 Å². The summed E-state index contributed by atoms with van der Waals surface area (Å²) >= 11 is 0. The first-order chi connectivity index (χ1) is 12.8. The van der Waals surface area contributed by atoms with Gasteiger partial charge in [-0.05, 0) is 43.9 Å². The molecule has 6 heteroatoms. The summed E-state index contributed by atoms with van der Waals surface area (Å²) < 4.78 is 12.9. The first-order valence-electron chi connectivity index (χ1n) is 9.48. The molecule has 0 spiro atoms. The summed E-state index contributed by atoms with van der Waals surface area (Å²) in [5.41, 5.74) is 5.52. The molecule has 2 aromatic rings. The summed E-state index contributed by atoms with van der Waals surface area (Å²) in [7, 11) is 0. The zero-order valence-corrected chi connectivity index (χ0v) is 15.7. The van der Waals surface area contributed by atoms with Gasteiger partial charge in [0.2, 0.25) is 0 Å². The van der Waals surface area contributed by atoms with Crippen LogP contribution in [-0.4, -0.2) is 28.0 Å². The first-order valence-corrected chi connectivity index (χ1v) is 9.48. The van der Waals surface area contributed by atoms with Crippen LogP contribution < -0.4 is 0 Å². The van der Waals surface area contributed by atoms with Gasteiger partial charge in [0, 0.05) is 30.4 Å². The number of aliphatic imine (C=N–C) groups is 1. The van der Waals surface area contributed by atoms with E-state index in [1.807, 2.05) is 0 Å². The van der Waals surface area contributed by atoms with Crippen LogP contribution in [0.2, 0.25) is 0 Å². The van der Waals surface area contributed by atoms with E-state index in [4.69, 9.17) is 14.5 Å². The summed E-state index contributed by atoms with van der Waals surface area (Å²) in [6.07, 6.45) is 3.02. The highest BCUT2D eigenvalue weighted by molar-refractivity contribution is 6.18. The van der Waals surface area contributed by atoms with Crippen LogP contribution in [0.4, 0.5) is 0 Å². The highest BCUT2D eigenvalue weighted by Gasteiger charge is 2.47. The number of ether oxygens (including phenoxy) is 2. The van der Waals surface area contributed by atoms with Gasteiger partial charge >= 0.3 is 11.9 Å². The molecule has 3 heterocycles. The third kappa shape index (κ3) is 2.42. The lowest BCUT2D eigenvalue weighted by molar-refractivity contribution is -0.235. The van der Waals surface area contributed by atoms with Gasteiger partial charge in [0.15, 0.2) is 5.92 Å². The number of hydrogen-bond donors (Lipinski definition) is 0. The number of carbonyl (C=O) groups is 2. The Morgan fingerprint density at radius 3 is 2.67 bits per heavy atom. The van der Waals surface area contributed by atoms with Gasteiger partial charge in [-0.3, -0.25) is 14.6 Å². The predicted octanol–water partition coefficient (Wildman–Crippen LogP) is 3.23. The number of benzene rings is 1. The number of esters is 2. The Hall–Kier alpha value is -2.63. The molecule has 1 aromatic carbocycles. The Bertz CT molecular complexity index is 1010. The molecule has 0 N–H and O–H groups in total. The minimum absolute atomic E-state index is 0.0132. The van der Waals surface area contributed by atoms with Crippen LogP contribution in [0.25, 0.3) is 10.9 Å².